The van der Waals surface area contributed by atoms with Crippen molar-refractivity contribution >= 4 is 28.0 Å². The summed E-state index contributed by atoms with van der Waals surface area (Å²) in [4.78, 5) is 9.57. The van der Waals surface area contributed by atoms with Gasteiger partial charge in [-0.2, -0.15) is 5.10 Å². The monoisotopic (exact) mass is 472 g/mol. The Kier molecular flexibility index (Phi) is 6.38. The highest BCUT2D eigenvalue weighted by molar-refractivity contribution is 9.10. The van der Waals surface area contributed by atoms with E-state index in [2.05, 4.69) is 21.0 Å². The van der Waals surface area contributed by atoms with Crippen LogP contribution in [0, 0.1) is 0 Å². The fraction of sp³-hybridized carbons (Fsp3) is 0.0800. The Labute approximate surface area is 190 Å². The number of anilines is 1. The lowest BCUT2D eigenvalue weighted by molar-refractivity contribution is 0.414. The molecule has 3 aromatic carbocycles. The number of aromatic nitrogens is 2. The molecule has 0 bridgehead atoms. The van der Waals surface area contributed by atoms with E-state index in [-0.39, 0.29) is 0 Å². The van der Waals surface area contributed by atoms with E-state index in [0.717, 1.165) is 32.6 Å². The van der Waals surface area contributed by atoms with Crippen molar-refractivity contribution in [3.8, 4) is 28.4 Å². The number of benzene rings is 3. The molecule has 4 aromatic rings. The second kappa shape index (κ2) is 9.53. The summed E-state index contributed by atoms with van der Waals surface area (Å²) < 4.78 is 6.42. The first-order chi connectivity index (χ1) is 15.1. The van der Waals surface area contributed by atoms with Gasteiger partial charge >= 0.3 is 0 Å². The van der Waals surface area contributed by atoms with Gasteiger partial charge in [-0.25, -0.2) is 9.97 Å². The Hall–Kier alpha value is -3.51. The Balaban J connectivity index is 1.74. The summed E-state index contributed by atoms with van der Waals surface area (Å²) in [5.41, 5.74) is 3.68. The third kappa shape index (κ3) is 4.98. The number of hydrazone groups is 1. The quantitative estimate of drug-likeness (QED) is 0.253. The van der Waals surface area contributed by atoms with Gasteiger partial charge in [0.25, 0.3) is 0 Å². The number of nitrogens with zero attached hydrogens (tertiary/aromatic N) is 4. The molecule has 0 aliphatic rings. The van der Waals surface area contributed by atoms with Crippen LogP contribution in [-0.4, -0.2) is 30.3 Å². The Morgan fingerprint density at radius 3 is 2.32 bits per heavy atom. The normalized spacial score (nSPS) is 10.9. The standard InChI is InChI=1S/C25H21BrN4O/c1-30(27-17-20-10-6-7-11-23(20)31-2)24-16-22(18-8-4-3-5-9-18)28-25(29-24)19-12-14-21(26)15-13-19/h3-17H,1-2H3. The van der Waals surface area contributed by atoms with Gasteiger partial charge in [0.2, 0.25) is 0 Å². The van der Waals surface area contributed by atoms with E-state index in [1.807, 2.05) is 92.0 Å². The van der Waals surface area contributed by atoms with Gasteiger partial charge in [0, 0.05) is 34.3 Å². The molecule has 0 fully saturated rings. The van der Waals surface area contributed by atoms with Crippen LogP contribution in [0.3, 0.4) is 0 Å². The Bertz CT molecular complexity index is 1190. The first-order valence-electron chi connectivity index (χ1n) is 9.75. The molecule has 6 heteroatoms. The van der Waals surface area contributed by atoms with Crippen LogP contribution in [-0.2, 0) is 0 Å². The molecule has 0 amide bonds. The van der Waals surface area contributed by atoms with Crippen LogP contribution < -0.4 is 9.75 Å². The second-order valence-electron chi connectivity index (χ2n) is 6.82. The van der Waals surface area contributed by atoms with Crippen molar-refractivity contribution in [1.82, 2.24) is 9.97 Å². The summed E-state index contributed by atoms with van der Waals surface area (Å²) >= 11 is 3.48. The van der Waals surface area contributed by atoms with E-state index in [0.29, 0.717) is 11.6 Å². The molecule has 31 heavy (non-hydrogen) atoms. The summed E-state index contributed by atoms with van der Waals surface area (Å²) in [6, 6.07) is 27.7. The molecule has 0 aliphatic carbocycles. The zero-order valence-corrected chi connectivity index (χ0v) is 18.8. The van der Waals surface area contributed by atoms with Crippen LogP contribution in [0.4, 0.5) is 5.82 Å². The number of methoxy groups -OCH3 is 1. The third-order valence-corrected chi connectivity index (χ3v) is 5.25. The lowest BCUT2D eigenvalue weighted by Crippen LogP contribution is -2.12. The highest BCUT2D eigenvalue weighted by atomic mass is 79.9. The third-order valence-electron chi connectivity index (χ3n) is 4.73. The van der Waals surface area contributed by atoms with Crippen molar-refractivity contribution in [1.29, 1.82) is 0 Å². The molecule has 0 unspecified atom stereocenters. The number of para-hydroxylation sites is 1. The van der Waals surface area contributed by atoms with Crippen LogP contribution in [0.2, 0.25) is 0 Å². The maximum Gasteiger partial charge on any atom is 0.162 e. The van der Waals surface area contributed by atoms with Gasteiger partial charge in [-0.15, -0.1) is 0 Å². The maximum absolute atomic E-state index is 5.41. The molecule has 0 N–H and O–H groups in total. The molecule has 1 aromatic heterocycles. The van der Waals surface area contributed by atoms with E-state index < -0.39 is 0 Å². The summed E-state index contributed by atoms with van der Waals surface area (Å²) in [5, 5.41) is 6.33. The van der Waals surface area contributed by atoms with Crippen molar-refractivity contribution in [3.63, 3.8) is 0 Å². The highest BCUT2D eigenvalue weighted by Crippen LogP contribution is 2.27. The average molecular weight is 473 g/mol. The van der Waals surface area contributed by atoms with Crippen molar-refractivity contribution in [3.05, 3.63) is 95.0 Å². The minimum absolute atomic E-state index is 0.642. The second-order valence-corrected chi connectivity index (χ2v) is 7.73. The van der Waals surface area contributed by atoms with Crippen LogP contribution in [0.15, 0.2) is 94.5 Å². The SMILES string of the molecule is COc1ccccc1C=NN(C)c1cc(-c2ccccc2)nc(-c2ccc(Br)cc2)n1. The van der Waals surface area contributed by atoms with Crippen LogP contribution in [0.1, 0.15) is 5.56 Å². The largest absolute Gasteiger partial charge is 0.496 e. The lowest BCUT2D eigenvalue weighted by Gasteiger charge is -2.15. The molecule has 0 saturated heterocycles. The van der Waals surface area contributed by atoms with Gasteiger partial charge in [0.05, 0.1) is 19.0 Å². The maximum atomic E-state index is 5.41. The van der Waals surface area contributed by atoms with E-state index in [1.165, 1.54) is 0 Å². The van der Waals surface area contributed by atoms with Crippen molar-refractivity contribution in [2.45, 2.75) is 0 Å². The van der Waals surface area contributed by atoms with Crippen molar-refractivity contribution in [2.24, 2.45) is 5.10 Å². The number of hydrogen-bond acceptors (Lipinski definition) is 5. The molecule has 5 nitrogen and oxygen atoms in total. The minimum atomic E-state index is 0.642. The number of halogens is 1. The van der Waals surface area contributed by atoms with E-state index in [1.54, 1.807) is 18.3 Å². The molecular weight excluding hydrogens is 452 g/mol. The lowest BCUT2D eigenvalue weighted by atomic mass is 10.1. The van der Waals surface area contributed by atoms with E-state index in [9.17, 15) is 0 Å². The van der Waals surface area contributed by atoms with Gasteiger partial charge in [0.1, 0.15) is 5.75 Å². The molecule has 4 rings (SSSR count). The summed E-state index contributed by atoms with van der Waals surface area (Å²) in [6.07, 6.45) is 1.77. The van der Waals surface area contributed by atoms with Gasteiger partial charge in [-0.05, 0) is 24.3 Å². The van der Waals surface area contributed by atoms with Gasteiger partial charge in [0.15, 0.2) is 11.6 Å². The molecule has 0 radical (unpaired) electrons. The molecule has 0 saturated carbocycles. The molecule has 0 spiro atoms. The highest BCUT2D eigenvalue weighted by Gasteiger charge is 2.11. The summed E-state index contributed by atoms with van der Waals surface area (Å²) in [7, 11) is 3.52. The zero-order valence-electron chi connectivity index (χ0n) is 17.2. The predicted octanol–water partition coefficient (Wildman–Crippen LogP) is 6.05. The van der Waals surface area contributed by atoms with E-state index >= 15 is 0 Å². The summed E-state index contributed by atoms with van der Waals surface area (Å²) in [5.74, 6) is 2.10. The van der Waals surface area contributed by atoms with Crippen molar-refractivity contribution in [2.75, 3.05) is 19.2 Å². The number of hydrogen-bond donors (Lipinski definition) is 0. The van der Waals surface area contributed by atoms with Gasteiger partial charge in [-0.3, -0.25) is 5.01 Å². The van der Waals surface area contributed by atoms with E-state index in [4.69, 9.17) is 14.7 Å². The zero-order chi connectivity index (χ0) is 21.6. The number of rotatable bonds is 6. The molecule has 1 heterocycles. The number of ether oxygens (including phenoxy) is 1. The Morgan fingerprint density at radius 1 is 0.871 bits per heavy atom. The molecular formula is C25H21BrN4O. The van der Waals surface area contributed by atoms with Crippen molar-refractivity contribution < 1.29 is 4.74 Å². The van der Waals surface area contributed by atoms with Crippen LogP contribution >= 0.6 is 15.9 Å². The minimum Gasteiger partial charge on any atom is -0.496 e. The first-order valence-corrected chi connectivity index (χ1v) is 10.5. The fourth-order valence-electron chi connectivity index (χ4n) is 3.07. The van der Waals surface area contributed by atoms with Crippen LogP contribution in [0.25, 0.3) is 22.6 Å². The molecule has 154 valence electrons. The topological polar surface area (TPSA) is 50.6 Å². The van der Waals surface area contributed by atoms with Gasteiger partial charge in [-0.1, -0.05) is 70.5 Å². The van der Waals surface area contributed by atoms with Crippen LogP contribution in [0.5, 0.6) is 5.75 Å². The molecule has 0 atom stereocenters. The predicted molar refractivity (Wildman–Crippen MR) is 130 cm³/mol. The summed E-state index contributed by atoms with van der Waals surface area (Å²) in [6.45, 7) is 0. The first kappa shape index (κ1) is 20.8. The molecule has 0 aliphatic heterocycles. The fourth-order valence-corrected chi connectivity index (χ4v) is 3.33. The Morgan fingerprint density at radius 2 is 1.58 bits per heavy atom. The smallest absolute Gasteiger partial charge is 0.162 e. The average Bonchev–Trinajstić information content (AvgIpc) is 2.83. The van der Waals surface area contributed by atoms with Gasteiger partial charge < -0.3 is 4.74 Å².